The van der Waals surface area contributed by atoms with Crippen LogP contribution in [0.25, 0.3) is 11.2 Å². The van der Waals surface area contributed by atoms with E-state index in [9.17, 15) is 0 Å². The first kappa shape index (κ1) is 15.0. The second-order valence-electron chi connectivity index (χ2n) is 3.15. The molecule has 0 atom stereocenters. The van der Waals surface area contributed by atoms with E-state index in [2.05, 4.69) is 30.0 Å². The molecule has 0 amide bonds. The van der Waals surface area contributed by atoms with Crippen LogP contribution in [0.4, 0.5) is 0 Å². The second-order valence-corrected chi connectivity index (χ2v) is 6.18. The Morgan fingerprint density at radius 2 is 1.93 bits per heavy atom. The molecule has 0 saturated carbocycles. The first-order valence-electron chi connectivity index (χ1n) is 4.09. The van der Waals surface area contributed by atoms with E-state index in [1.165, 1.54) is 0 Å². The van der Waals surface area contributed by atoms with Gasteiger partial charge in [-0.2, -0.15) is 0 Å². The normalized spacial score (nSPS) is 9.33. The molecule has 0 radical (unpaired) electrons. The molecule has 0 aliphatic carbocycles. The van der Waals surface area contributed by atoms with Crippen molar-refractivity contribution < 1.29 is 26.8 Å². The van der Waals surface area contributed by atoms with Gasteiger partial charge in [-0.25, -0.2) is 9.97 Å². The third-order valence-corrected chi connectivity index (χ3v) is 1.32. The van der Waals surface area contributed by atoms with Gasteiger partial charge in [-0.1, -0.05) is 0 Å². The summed E-state index contributed by atoms with van der Waals surface area (Å²) in [5, 5.41) is 0.244. The quantitative estimate of drug-likeness (QED) is 0.370. The van der Waals surface area contributed by atoms with E-state index in [1.807, 2.05) is 0 Å². The molecule has 2 heterocycles. The Kier molecular flexibility index (Phi) is 7.32. The van der Waals surface area contributed by atoms with Gasteiger partial charge in [0.1, 0.15) is 0 Å². The zero-order chi connectivity index (χ0) is 10.6. The summed E-state index contributed by atoms with van der Waals surface area (Å²) in [6, 6.07) is 3.56. The average molecular weight is 424 g/mol. The summed E-state index contributed by atoms with van der Waals surface area (Å²) in [6.45, 7) is 6.69. The van der Waals surface area contributed by atoms with Crippen molar-refractivity contribution in [2.24, 2.45) is 0 Å². The number of oxazole rings is 1. The van der Waals surface area contributed by atoms with Crippen molar-refractivity contribution >= 4 is 31.8 Å². The first-order valence-corrected chi connectivity index (χ1v) is 7.18. The number of hydrogen-bond acceptors (Lipinski definition) is 4. The first-order chi connectivity index (χ1) is 6.59. The fourth-order valence-corrected chi connectivity index (χ4v) is 0.925. The zero-order valence-corrected chi connectivity index (χ0v) is 12.6. The van der Waals surface area contributed by atoms with Crippen LogP contribution in [-0.4, -0.2) is 30.0 Å². The molecule has 0 spiro atoms. The Hall–Kier alpha value is 0.0103. The zero-order valence-electron chi connectivity index (χ0n) is 8.69. The van der Waals surface area contributed by atoms with Crippen molar-refractivity contribution in [1.29, 1.82) is 0 Å². The van der Waals surface area contributed by atoms with E-state index in [0.29, 0.717) is 19.2 Å². The Morgan fingerprint density at radius 1 is 1.33 bits per heavy atom. The summed E-state index contributed by atoms with van der Waals surface area (Å²) in [5.41, 5.74) is 1.22. The molecule has 0 unspecified atom stereocenters. The summed E-state index contributed by atoms with van der Waals surface area (Å²) >= 11 is 4.70. The van der Waals surface area contributed by atoms with Crippen molar-refractivity contribution in [2.45, 2.75) is 5.22 Å². The minimum Gasteiger partial charge on any atom is -0.721 e. The number of pyridine rings is 1. The van der Waals surface area contributed by atoms with Gasteiger partial charge in [-0.3, -0.25) is 0 Å². The van der Waals surface area contributed by atoms with Gasteiger partial charge in [0, 0.05) is 6.20 Å². The Labute approximate surface area is 112 Å². The Balaban J connectivity index is 0.000000346. The average Bonchev–Trinajstić information content (AvgIpc) is 2.42. The van der Waals surface area contributed by atoms with Crippen molar-refractivity contribution in [3.8, 4) is 0 Å². The molecule has 15 heavy (non-hydrogen) atoms. The molecule has 6 heteroatoms. The topological polar surface area (TPSA) is 38.9 Å². The maximum atomic E-state index is 5.01. The second kappa shape index (κ2) is 7.31. The van der Waals surface area contributed by atoms with Crippen molar-refractivity contribution in [2.75, 3.05) is 20.0 Å². The number of hydrogen-bond donors (Lipinski definition) is 0. The van der Waals surface area contributed by atoms with Crippen LogP contribution in [0.2, 0.25) is 0 Å². The van der Waals surface area contributed by atoms with Gasteiger partial charge in [0.05, 0.1) is 5.22 Å². The van der Waals surface area contributed by atoms with Gasteiger partial charge < -0.3 is 17.0 Å². The number of fused-ring (bicyclic) bond motifs is 1. The van der Waals surface area contributed by atoms with Crippen LogP contribution in [0.3, 0.4) is 0 Å². The molecule has 0 fully saturated rings. The molecule has 86 valence electrons. The van der Waals surface area contributed by atoms with Crippen LogP contribution in [0.5, 0.6) is 0 Å². The molecule has 3 nitrogen and oxygen atoms in total. The molecule has 2 rings (SSSR count). The summed E-state index contributed by atoms with van der Waals surface area (Å²) in [4.78, 5) is 7.78. The van der Waals surface area contributed by atoms with Crippen molar-refractivity contribution in [1.82, 2.24) is 9.97 Å². The maximum Gasteiger partial charge on any atom is 1.00 e. The van der Waals surface area contributed by atoms with Crippen LogP contribution in [0, 0.1) is 0 Å². The fraction of sp³-hybridized carbons (Fsp3) is 0.333. The number of nitrogens with zero attached hydrogens (tertiary/aromatic N) is 2. The van der Waals surface area contributed by atoms with E-state index >= 15 is 0 Å². The third-order valence-electron chi connectivity index (χ3n) is 1.15. The van der Waals surface area contributed by atoms with E-state index in [4.69, 9.17) is 17.0 Å². The van der Waals surface area contributed by atoms with E-state index in [1.54, 1.807) is 18.3 Å². The molecular weight excluding hydrogens is 412 g/mol. The predicted octanol–water partition coefficient (Wildman–Crippen LogP) is 2.48. The van der Waals surface area contributed by atoms with Gasteiger partial charge in [-0.15, -0.1) is 7.92 Å². The van der Waals surface area contributed by atoms with Crippen LogP contribution in [-0.2, 0) is 35.0 Å². The molecule has 2 aromatic rings. The van der Waals surface area contributed by atoms with E-state index in [-0.39, 0.29) is 27.6 Å². The van der Waals surface area contributed by atoms with Crippen molar-refractivity contribution in [3.63, 3.8) is 0 Å². The molecule has 0 N–H and O–H groups in total. The van der Waals surface area contributed by atoms with Gasteiger partial charge in [-0.05, 0) is 32.1 Å². The maximum absolute atomic E-state index is 5.01. The molecule has 0 bridgehead atoms. The predicted molar refractivity (Wildman–Crippen MR) is 62.1 cm³/mol. The Bertz CT molecular complexity index is 372. The summed E-state index contributed by atoms with van der Waals surface area (Å²) in [6.07, 6.45) is 1.65. The molecule has 0 aliphatic heterocycles. The summed E-state index contributed by atoms with van der Waals surface area (Å²) in [5.74, 6) is 0. The molecule has 0 saturated heterocycles. The molecule has 0 aromatic carbocycles. The molecule has 0 aliphatic rings. The third kappa shape index (κ3) is 5.59. The standard InChI is InChI=1S/C6H4N2OS.C3H9P.Au/c10-6-8-5-4(9-6)2-1-3-7-5;1-4(2)3;/h1-3H,(H,7,8,10);1-3H3;/q;;+1/p-1. The minimum atomic E-state index is 0. The van der Waals surface area contributed by atoms with Gasteiger partial charge >= 0.3 is 22.4 Å². The monoisotopic (exact) mass is 424 g/mol. The van der Waals surface area contributed by atoms with E-state index < -0.39 is 0 Å². The van der Waals surface area contributed by atoms with Gasteiger partial charge in [0.2, 0.25) is 0 Å². The molecular formula is C9H12AuN2OPS. The number of rotatable bonds is 0. The van der Waals surface area contributed by atoms with Gasteiger partial charge in [0.25, 0.3) is 0 Å². The van der Waals surface area contributed by atoms with Crippen molar-refractivity contribution in [3.05, 3.63) is 18.3 Å². The fourth-order valence-electron chi connectivity index (χ4n) is 0.749. The van der Waals surface area contributed by atoms with Crippen LogP contribution in [0.1, 0.15) is 0 Å². The number of aromatic nitrogens is 2. The minimum absolute atomic E-state index is 0. The largest absolute Gasteiger partial charge is 1.00 e. The summed E-state index contributed by atoms with van der Waals surface area (Å²) in [7, 11) is 0.380. The Morgan fingerprint density at radius 3 is 2.47 bits per heavy atom. The molecule has 2 aromatic heterocycles. The van der Waals surface area contributed by atoms with Crippen LogP contribution >= 0.6 is 7.92 Å². The van der Waals surface area contributed by atoms with Crippen LogP contribution < -0.4 is 0 Å². The SMILES string of the molecule is CP(C)C.[Au+].[S-]c1nc2ncccc2o1. The van der Waals surface area contributed by atoms with E-state index in [0.717, 1.165) is 0 Å². The summed E-state index contributed by atoms with van der Waals surface area (Å²) < 4.78 is 5.01. The van der Waals surface area contributed by atoms with Crippen LogP contribution in [0.15, 0.2) is 28.0 Å². The van der Waals surface area contributed by atoms with Gasteiger partial charge in [0.15, 0.2) is 11.2 Å². The smallest absolute Gasteiger partial charge is 0.721 e.